The van der Waals surface area contributed by atoms with Gasteiger partial charge in [-0.1, -0.05) is 18.2 Å². The Morgan fingerprint density at radius 2 is 2.14 bits per heavy atom. The van der Waals surface area contributed by atoms with Crippen molar-refractivity contribution < 1.29 is 14.7 Å². The molecule has 1 heterocycles. The molecule has 22 heavy (non-hydrogen) atoms. The zero-order chi connectivity index (χ0) is 16.1. The van der Waals surface area contributed by atoms with E-state index in [1.807, 2.05) is 12.2 Å². The van der Waals surface area contributed by atoms with Crippen LogP contribution in [0.25, 0.3) is 17.0 Å². The van der Waals surface area contributed by atoms with Crippen LogP contribution in [0.1, 0.15) is 29.3 Å². The molecule has 0 radical (unpaired) electrons. The number of carbonyl (C=O) groups excluding carboxylic acids is 1. The summed E-state index contributed by atoms with van der Waals surface area (Å²) in [5, 5.41) is 12.0. The Morgan fingerprint density at radius 1 is 1.36 bits per heavy atom. The highest BCUT2D eigenvalue weighted by molar-refractivity contribution is 5.92. The molecule has 6 nitrogen and oxygen atoms in total. The molecule has 1 aromatic carbocycles. The predicted molar refractivity (Wildman–Crippen MR) is 83.9 cm³/mol. The molecular formula is C16H16N2O4. The molecule has 6 heteroatoms. The van der Waals surface area contributed by atoms with E-state index in [1.54, 1.807) is 18.2 Å². The van der Waals surface area contributed by atoms with Gasteiger partial charge in [0.1, 0.15) is 5.56 Å². The number of hydrogen-bond donors (Lipinski definition) is 3. The Bertz CT molecular complexity index is 805. The molecule has 0 fully saturated rings. The Morgan fingerprint density at radius 3 is 2.82 bits per heavy atom. The van der Waals surface area contributed by atoms with E-state index in [2.05, 4.69) is 10.3 Å². The highest BCUT2D eigenvalue weighted by atomic mass is 16.4. The number of hydrogen-bond acceptors (Lipinski definition) is 3. The minimum Gasteiger partial charge on any atom is -0.477 e. The summed E-state index contributed by atoms with van der Waals surface area (Å²) < 4.78 is 0. The lowest BCUT2D eigenvalue weighted by atomic mass is 10.1. The first-order valence-corrected chi connectivity index (χ1v) is 6.79. The van der Waals surface area contributed by atoms with Gasteiger partial charge in [-0.2, -0.15) is 0 Å². The quantitative estimate of drug-likeness (QED) is 0.733. The monoisotopic (exact) mass is 300 g/mol. The van der Waals surface area contributed by atoms with Crippen molar-refractivity contribution in [3.05, 3.63) is 51.8 Å². The second-order valence-electron chi connectivity index (χ2n) is 4.82. The van der Waals surface area contributed by atoms with Crippen LogP contribution in [0.4, 0.5) is 0 Å². The first-order chi connectivity index (χ1) is 10.5. The molecule has 0 aliphatic heterocycles. The summed E-state index contributed by atoms with van der Waals surface area (Å²) in [6.07, 6.45) is 5.70. The molecule has 0 unspecified atom stereocenters. The van der Waals surface area contributed by atoms with Crippen LogP contribution in [0.5, 0.6) is 0 Å². The Balaban J connectivity index is 2.19. The lowest BCUT2D eigenvalue weighted by molar-refractivity contribution is -0.118. The second-order valence-corrected chi connectivity index (χ2v) is 4.82. The number of nitrogens with one attached hydrogen (secondary N) is 2. The van der Waals surface area contributed by atoms with E-state index in [1.165, 1.54) is 13.1 Å². The Labute approximate surface area is 126 Å². The highest BCUT2D eigenvalue weighted by Crippen LogP contribution is 2.13. The van der Waals surface area contributed by atoms with Crippen molar-refractivity contribution in [3.63, 3.8) is 0 Å². The number of carbonyl (C=O) groups is 2. The number of carboxylic acids is 1. The minimum atomic E-state index is -1.25. The van der Waals surface area contributed by atoms with Crippen molar-refractivity contribution in [1.29, 1.82) is 0 Å². The van der Waals surface area contributed by atoms with Crippen molar-refractivity contribution in [1.82, 2.24) is 10.3 Å². The largest absolute Gasteiger partial charge is 0.477 e. The molecule has 2 rings (SSSR count). The molecule has 2 aromatic rings. The topological polar surface area (TPSA) is 99.3 Å². The minimum absolute atomic E-state index is 0.0640. The van der Waals surface area contributed by atoms with Crippen LogP contribution in [0, 0.1) is 0 Å². The Kier molecular flexibility index (Phi) is 4.73. The van der Waals surface area contributed by atoms with E-state index < -0.39 is 11.4 Å². The maximum Gasteiger partial charge on any atom is 0.341 e. The molecule has 3 N–H and O–H groups in total. The number of aromatic amines is 1. The molecule has 0 aliphatic rings. The summed E-state index contributed by atoms with van der Waals surface area (Å²) in [5.41, 5.74) is 0.696. The molecule has 114 valence electrons. The average Bonchev–Trinajstić information content (AvgIpc) is 2.46. The number of fused-ring (bicyclic) bond motifs is 1. The molecule has 1 amide bonds. The van der Waals surface area contributed by atoms with Crippen molar-refractivity contribution in [2.45, 2.75) is 13.3 Å². The number of H-pyrrole nitrogens is 1. The summed E-state index contributed by atoms with van der Waals surface area (Å²) in [6.45, 7) is 2.03. The smallest absolute Gasteiger partial charge is 0.341 e. The van der Waals surface area contributed by atoms with Crippen LogP contribution in [-0.4, -0.2) is 28.5 Å². The third-order valence-electron chi connectivity index (χ3n) is 3.13. The predicted octanol–water partition coefficient (Wildman–Crippen LogP) is 1.77. The number of benzene rings is 1. The van der Waals surface area contributed by atoms with Gasteiger partial charge in [0.25, 0.3) is 0 Å². The van der Waals surface area contributed by atoms with Crippen molar-refractivity contribution in [3.8, 4) is 0 Å². The number of aromatic carboxylic acids is 1. The van der Waals surface area contributed by atoms with Gasteiger partial charge in [0.05, 0.1) is 0 Å². The van der Waals surface area contributed by atoms with Gasteiger partial charge in [0, 0.05) is 30.6 Å². The van der Waals surface area contributed by atoms with E-state index in [-0.39, 0.29) is 11.5 Å². The fourth-order valence-electron chi connectivity index (χ4n) is 2.05. The molecule has 0 atom stereocenters. The molecule has 0 bridgehead atoms. The van der Waals surface area contributed by atoms with E-state index in [0.29, 0.717) is 23.9 Å². The summed E-state index contributed by atoms with van der Waals surface area (Å²) in [6, 6.07) is 5.13. The molecule has 0 saturated carbocycles. The van der Waals surface area contributed by atoms with Crippen LogP contribution in [0.3, 0.4) is 0 Å². The first kappa shape index (κ1) is 15.5. The van der Waals surface area contributed by atoms with E-state index in [4.69, 9.17) is 5.11 Å². The fourth-order valence-corrected chi connectivity index (χ4v) is 2.05. The highest BCUT2D eigenvalue weighted by Gasteiger charge is 2.10. The van der Waals surface area contributed by atoms with Gasteiger partial charge >= 0.3 is 5.97 Å². The number of carboxylic acid groups (broad SMARTS) is 1. The molecule has 1 aromatic heterocycles. The molecule has 0 saturated heterocycles. The summed E-state index contributed by atoms with van der Waals surface area (Å²) in [7, 11) is 0. The lowest BCUT2D eigenvalue weighted by Gasteiger charge is -2.02. The van der Waals surface area contributed by atoms with E-state index >= 15 is 0 Å². The summed E-state index contributed by atoms with van der Waals surface area (Å²) in [4.78, 5) is 36.5. The van der Waals surface area contributed by atoms with Gasteiger partial charge in [0.2, 0.25) is 11.3 Å². The van der Waals surface area contributed by atoms with Crippen LogP contribution in [-0.2, 0) is 4.79 Å². The third-order valence-corrected chi connectivity index (χ3v) is 3.13. The number of aromatic nitrogens is 1. The summed E-state index contributed by atoms with van der Waals surface area (Å²) in [5.74, 6) is -1.31. The van der Waals surface area contributed by atoms with Gasteiger partial charge in [-0.25, -0.2) is 4.79 Å². The zero-order valence-corrected chi connectivity index (χ0v) is 12.1. The number of amides is 1. The van der Waals surface area contributed by atoms with E-state index in [9.17, 15) is 14.4 Å². The third kappa shape index (κ3) is 3.60. The Hall–Kier alpha value is -2.89. The van der Waals surface area contributed by atoms with Gasteiger partial charge in [-0.15, -0.1) is 0 Å². The summed E-state index contributed by atoms with van der Waals surface area (Å²) >= 11 is 0. The van der Waals surface area contributed by atoms with Gasteiger partial charge < -0.3 is 15.4 Å². The molecule has 0 spiro atoms. The fraction of sp³-hybridized carbons (Fsp3) is 0.188. The first-order valence-electron chi connectivity index (χ1n) is 6.79. The van der Waals surface area contributed by atoms with Gasteiger partial charge in [0.15, 0.2) is 0 Å². The van der Waals surface area contributed by atoms with Crippen LogP contribution < -0.4 is 10.7 Å². The van der Waals surface area contributed by atoms with Crippen molar-refractivity contribution in [2.75, 3.05) is 6.54 Å². The lowest BCUT2D eigenvalue weighted by Crippen LogP contribution is -2.20. The SMILES string of the molecule is CC(=O)NCCC=Cc1ccc2c(=O)c(C(=O)O)c[nH]c2c1. The van der Waals surface area contributed by atoms with E-state index in [0.717, 1.165) is 5.56 Å². The van der Waals surface area contributed by atoms with Crippen LogP contribution in [0.2, 0.25) is 0 Å². The molecule has 0 aliphatic carbocycles. The van der Waals surface area contributed by atoms with Crippen LogP contribution in [0.15, 0.2) is 35.3 Å². The van der Waals surface area contributed by atoms with Gasteiger partial charge in [-0.3, -0.25) is 9.59 Å². The second kappa shape index (κ2) is 6.71. The number of rotatable bonds is 5. The van der Waals surface area contributed by atoms with Crippen molar-refractivity contribution in [2.24, 2.45) is 0 Å². The normalized spacial score (nSPS) is 11.0. The average molecular weight is 300 g/mol. The van der Waals surface area contributed by atoms with Crippen molar-refractivity contribution >= 4 is 28.9 Å². The molecular weight excluding hydrogens is 284 g/mol. The standard InChI is InChI=1S/C16H16N2O4/c1-10(19)17-7-3-2-4-11-5-6-12-14(8-11)18-9-13(15(12)20)16(21)22/h2,4-6,8-9H,3,7H2,1H3,(H,17,19)(H,18,20)(H,21,22). The zero-order valence-electron chi connectivity index (χ0n) is 12.1. The number of pyridine rings is 1. The maximum atomic E-state index is 12.0. The van der Waals surface area contributed by atoms with Gasteiger partial charge in [-0.05, 0) is 24.1 Å². The van der Waals surface area contributed by atoms with Crippen LogP contribution >= 0.6 is 0 Å². The maximum absolute atomic E-state index is 12.0.